The Labute approximate surface area is 171 Å². The molecule has 1 aliphatic heterocycles. The van der Waals surface area contributed by atoms with Gasteiger partial charge in [0.1, 0.15) is 0 Å². The zero-order chi connectivity index (χ0) is 20.5. The molecule has 1 atom stereocenters. The smallest absolute Gasteiger partial charge is 0.0484 e. The summed E-state index contributed by atoms with van der Waals surface area (Å²) in [6, 6.07) is 8.43. The predicted octanol–water partition coefficient (Wildman–Crippen LogP) is 6.79. The van der Waals surface area contributed by atoms with E-state index < -0.39 is 0 Å². The van der Waals surface area contributed by atoms with Crippen LogP contribution in [0.15, 0.2) is 83.7 Å². The third-order valence-electron chi connectivity index (χ3n) is 5.25. The molecule has 0 aliphatic carbocycles. The van der Waals surface area contributed by atoms with Crippen LogP contribution in [0.1, 0.15) is 51.7 Å². The van der Waals surface area contributed by atoms with Gasteiger partial charge in [-0.2, -0.15) is 0 Å². The fourth-order valence-corrected chi connectivity index (χ4v) is 3.70. The molecule has 0 N–H and O–H groups in total. The number of hydrogen-bond donors (Lipinski definition) is 0. The van der Waals surface area contributed by atoms with Crippen molar-refractivity contribution in [2.24, 2.45) is 10.9 Å². The molecule has 0 amide bonds. The summed E-state index contributed by atoms with van der Waals surface area (Å²) >= 11 is 0. The van der Waals surface area contributed by atoms with Crippen LogP contribution in [0.2, 0.25) is 0 Å². The van der Waals surface area contributed by atoms with E-state index in [0.29, 0.717) is 5.92 Å². The van der Waals surface area contributed by atoms with Crippen LogP contribution in [-0.4, -0.2) is 23.7 Å². The number of hydrogen-bond acceptors (Lipinski definition) is 2. The average molecular weight is 375 g/mol. The minimum Gasteiger partial charge on any atom is -0.371 e. The van der Waals surface area contributed by atoms with Gasteiger partial charge < -0.3 is 4.90 Å². The second-order valence-electron chi connectivity index (χ2n) is 7.37. The van der Waals surface area contributed by atoms with Gasteiger partial charge in [0, 0.05) is 36.1 Å². The largest absolute Gasteiger partial charge is 0.371 e. The molecule has 0 aromatic heterocycles. The average Bonchev–Trinajstić information content (AvgIpc) is 2.72. The number of rotatable bonds is 7. The highest BCUT2D eigenvalue weighted by atomic mass is 15.1. The molecule has 2 heteroatoms. The van der Waals surface area contributed by atoms with Crippen molar-refractivity contribution in [2.75, 3.05) is 13.1 Å². The molecule has 1 aliphatic rings. The van der Waals surface area contributed by atoms with Crippen LogP contribution in [0, 0.1) is 5.92 Å². The molecule has 0 bridgehead atoms. The zero-order valence-electron chi connectivity index (χ0n) is 17.9. The molecule has 1 heterocycles. The Morgan fingerprint density at radius 2 is 1.79 bits per heavy atom. The van der Waals surface area contributed by atoms with Crippen molar-refractivity contribution < 1.29 is 0 Å². The molecular weight excluding hydrogens is 340 g/mol. The first-order chi connectivity index (χ1) is 13.5. The van der Waals surface area contributed by atoms with Gasteiger partial charge in [-0.05, 0) is 63.3 Å². The molecule has 1 aromatic rings. The van der Waals surface area contributed by atoms with Gasteiger partial charge >= 0.3 is 0 Å². The second-order valence-corrected chi connectivity index (χ2v) is 7.37. The van der Waals surface area contributed by atoms with Gasteiger partial charge in [0.05, 0.1) is 0 Å². The highest BCUT2D eigenvalue weighted by Gasteiger charge is 2.24. The van der Waals surface area contributed by atoms with Gasteiger partial charge in [-0.25, -0.2) is 0 Å². The summed E-state index contributed by atoms with van der Waals surface area (Å²) in [4.78, 5) is 7.52. The lowest BCUT2D eigenvalue weighted by Gasteiger charge is -2.35. The summed E-state index contributed by atoms with van der Waals surface area (Å²) in [5, 5.41) is 0. The third-order valence-corrected chi connectivity index (χ3v) is 5.25. The predicted molar refractivity (Wildman–Crippen MR) is 125 cm³/mol. The minimum absolute atomic E-state index is 0.411. The zero-order valence-corrected chi connectivity index (χ0v) is 17.9. The normalized spacial score (nSPS) is 19.2. The number of piperidine rings is 1. The first-order valence-electron chi connectivity index (χ1n) is 10.2. The van der Waals surface area contributed by atoms with Crippen molar-refractivity contribution >= 4 is 11.8 Å². The van der Waals surface area contributed by atoms with E-state index in [1.54, 1.807) is 0 Å². The third kappa shape index (κ3) is 5.69. The van der Waals surface area contributed by atoms with E-state index in [1.807, 2.05) is 13.0 Å². The lowest BCUT2D eigenvalue weighted by molar-refractivity contribution is 0.243. The Morgan fingerprint density at radius 3 is 2.39 bits per heavy atom. The number of nitrogens with zero attached hydrogens (tertiary/aromatic N) is 2. The maximum Gasteiger partial charge on any atom is 0.0484 e. The number of benzene rings is 1. The van der Waals surface area contributed by atoms with Crippen LogP contribution < -0.4 is 0 Å². The first-order valence-corrected chi connectivity index (χ1v) is 10.2. The van der Waals surface area contributed by atoms with E-state index in [4.69, 9.17) is 4.99 Å². The molecule has 1 aromatic carbocycles. The maximum atomic E-state index is 5.13. The molecule has 0 radical (unpaired) electrons. The van der Waals surface area contributed by atoms with Crippen molar-refractivity contribution in [1.29, 1.82) is 0 Å². The van der Waals surface area contributed by atoms with Crippen molar-refractivity contribution in [1.82, 2.24) is 4.90 Å². The quantitative estimate of drug-likeness (QED) is 0.379. The van der Waals surface area contributed by atoms with Gasteiger partial charge in [-0.15, -0.1) is 0 Å². The Balaban J connectivity index is 2.35. The van der Waals surface area contributed by atoms with Crippen LogP contribution in [0.25, 0.3) is 6.08 Å². The van der Waals surface area contributed by atoms with E-state index in [1.165, 1.54) is 11.3 Å². The van der Waals surface area contributed by atoms with Gasteiger partial charge in [-0.3, -0.25) is 4.99 Å². The topological polar surface area (TPSA) is 15.6 Å². The Bertz CT molecular complexity index is 803. The lowest BCUT2D eigenvalue weighted by Crippen LogP contribution is -2.35. The van der Waals surface area contributed by atoms with Crippen LogP contribution in [0.5, 0.6) is 0 Å². The van der Waals surface area contributed by atoms with Crippen molar-refractivity contribution in [3.63, 3.8) is 0 Å². The van der Waals surface area contributed by atoms with Crippen LogP contribution in [0.3, 0.4) is 0 Å². The van der Waals surface area contributed by atoms with Crippen LogP contribution in [-0.2, 0) is 0 Å². The number of aliphatic imine (C=N–C) groups is 1. The Hall–Kier alpha value is -2.61. The fourth-order valence-electron chi connectivity index (χ4n) is 3.70. The van der Waals surface area contributed by atoms with Crippen LogP contribution in [0.4, 0.5) is 0 Å². The molecule has 0 saturated carbocycles. The van der Waals surface area contributed by atoms with Crippen LogP contribution >= 0.6 is 0 Å². The Morgan fingerprint density at radius 1 is 1.11 bits per heavy atom. The fraction of sp³-hybridized carbons (Fsp3) is 0.346. The monoisotopic (exact) mass is 374 g/mol. The molecule has 28 heavy (non-hydrogen) atoms. The van der Waals surface area contributed by atoms with Gasteiger partial charge in [0.15, 0.2) is 0 Å². The summed E-state index contributed by atoms with van der Waals surface area (Å²) in [5.41, 5.74) is 6.87. The highest BCUT2D eigenvalue weighted by molar-refractivity contribution is 5.99. The van der Waals surface area contributed by atoms with Crippen molar-refractivity contribution in [3.8, 4) is 0 Å². The summed E-state index contributed by atoms with van der Waals surface area (Å²) in [6.07, 6.45) is 12.6. The molecule has 148 valence electrons. The lowest BCUT2D eigenvalue weighted by atomic mass is 9.91. The van der Waals surface area contributed by atoms with E-state index in [2.05, 4.69) is 87.4 Å². The SMILES string of the molecule is C=Cc1ccc(C(C)=N/C(=C(C)/C=C\C)C2CCCN(C(=C)/C=C/C)C2)cc1. The summed E-state index contributed by atoms with van der Waals surface area (Å²) in [5.74, 6) is 0.411. The van der Waals surface area contributed by atoms with E-state index in [-0.39, 0.29) is 0 Å². The maximum absolute atomic E-state index is 5.13. The summed E-state index contributed by atoms with van der Waals surface area (Å²) in [6.45, 7) is 18.5. The molecular formula is C26H34N2. The van der Waals surface area contributed by atoms with Gasteiger partial charge in [0.2, 0.25) is 0 Å². The van der Waals surface area contributed by atoms with E-state index in [9.17, 15) is 0 Å². The highest BCUT2D eigenvalue weighted by Crippen LogP contribution is 2.30. The van der Waals surface area contributed by atoms with Gasteiger partial charge in [-0.1, -0.05) is 61.7 Å². The first kappa shape index (κ1) is 21.7. The summed E-state index contributed by atoms with van der Waals surface area (Å²) < 4.78 is 0. The molecule has 1 fully saturated rings. The number of allylic oxidation sites excluding steroid dienone is 5. The second kappa shape index (κ2) is 10.7. The molecule has 2 rings (SSSR count). The van der Waals surface area contributed by atoms with Crippen molar-refractivity contribution in [3.05, 3.63) is 89.8 Å². The van der Waals surface area contributed by atoms with E-state index >= 15 is 0 Å². The molecule has 1 saturated heterocycles. The van der Waals surface area contributed by atoms with Crippen molar-refractivity contribution in [2.45, 2.75) is 40.5 Å². The number of likely N-dealkylation sites (tertiary alicyclic amines) is 1. The summed E-state index contributed by atoms with van der Waals surface area (Å²) in [7, 11) is 0. The van der Waals surface area contributed by atoms with E-state index in [0.717, 1.165) is 48.5 Å². The minimum atomic E-state index is 0.411. The molecule has 0 spiro atoms. The molecule has 1 unspecified atom stereocenters. The van der Waals surface area contributed by atoms with Gasteiger partial charge in [0.25, 0.3) is 0 Å². The molecule has 2 nitrogen and oxygen atoms in total. The standard InChI is InChI=1S/C26H34N2/c1-7-11-20(4)26(25-13-10-18-28(19-25)21(5)12-8-2)27-22(6)24-16-14-23(9-3)15-17-24/h7-9,11-12,14-17,25H,3,5,10,13,18-19H2,1-2,4,6H3/b11-7-,12-8+,26-20+,27-22?. The Kier molecular flexibility index (Phi) is 8.25.